The molecule has 0 amide bonds. The van der Waals surface area contributed by atoms with Crippen LogP contribution in [0.25, 0.3) is 5.69 Å². The van der Waals surface area contributed by atoms with E-state index in [1.54, 1.807) is 24.5 Å². The van der Waals surface area contributed by atoms with E-state index in [0.29, 0.717) is 30.5 Å². The van der Waals surface area contributed by atoms with E-state index in [9.17, 15) is 9.59 Å². The SMILES string of the molecule is CCOc1ccccc1-n1ccn(CC(C)C)c(=O)c1=O. The van der Waals surface area contributed by atoms with Crippen LogP contribution in [0.4, 0.5) is 0 Å². The zero-order chi connectivity index (χ0) is 15.4. The molecule has 0 N–H and O–H groups in total. The van der Waals surface area contributed by atoms with Gasteiger partial charge < -0.3 is 9.30 Å². The minimum atomic E-state index is -0.565. The molecule has 0 spiro atoms. The number of nitrogens with zero attached hydrogens (tertiary/aromatic N) is 2. The van der Waals surface area contributed by atoms with Crippen molar-refractivity contribution in [2.75, 3.05) is 6.61 Å². The summed E-state index contributed by atoms with van der Waals surface area (Å²) in [4.78, 5) is 24.5. The predicted octanol–water partition coefficient (Wildman–Crippen LogP) is 2.05. The Morgan fingerprint density at radius 2 is 1.81 bits per heavy atom. The first kappa shape index (κ1) is 15.1. The van der Waals surface area contributed by atoms with Crippen LogP contribution in [0.1, 0.15) is 20.8 Å². The predicted molar refractivity (Wildman–Crippen MR) is 82.3 cm³/mol. The molecule has 0 radical (unpaired) electrons. The molecule has 2 aromatic rings. The van der Waals surface area contributed by atoms with Gasteiger partial charge in [-0.3, -0.25) is 14.2 Å². The lowest BCUT2D eigenvalue weighted by molar-refractivity contribution is 0.338. The summed E-state index contributed by atoms with van der Waals surface area (Å²) in [6.07, 6.45) is 3.26. The van der Waals surface area contributed by atoms with Crippen LogP contribution < -0.4 is 15.9 Å². The third-order valence-electron chi connectivity index (χ3n) is 3.04. The van der Waals surface area contributed by atoms with E-state index in [4.69, 9.17) is 4.74 Å². The number of ether oxygens (including phenoxy) is 1. The monoisotopic (exact) mass is 288 g/mol. The van der Waals surface area contributed by atoms with Crippen molar-refractivity contribution in [1.29, 1.82) is 0 Å². The quantitative estimate of drug-likeness (QED) is 0.791. The molecule has 0 aliphatic carbocycles. The zero-order valence-electron chi connectivity index (χ0n) is 12.6. The first-order valence-corrected chi connectivity index (χ1v) is 7.09. The molecule has 0 fully saturated rings. The summed E-state index contributed by atoms with van der Waals surface area (Å²) in [5.74, 6) is 0.886. The van der Waals surface area contributed by atoms with Crippen LogP contribution in [0.5, 0.6) is 5.75 Å². The van der Waals surface area contributed by atoms with Crippen LogP contribution >= 0.6 is 0 Å². The van der Waals surface area contributed by atoms with Gasteiger partial charge in [0.25, 0.3) is 0 Å². The van der Waals surface area contributed by atoms with Crippen LogP contribution in [0.15, 0.2) is 46.2 Å². The van der Waals surface area contributed by atoms with E-state index < -0.39 is 11.1 Å². The number of rotatable bonds is 5. The topological polar surface area (TPSA) is 53.2 Å². The van der Waals surface area contributed by atoms with E-state index in [2.05, 4.69) is 0 Å². The van der Waals surface area contributed by atoms with Crippen LogP contribution in [0.3, 0.4) is 0 Å². The third-order valence-corrected chi connectivity index (χ3v) is 3.04. The van der Waals surface area contributed by atoms with Crippen LogP contribution in [0, 0.1) is 5.92 Å². The second-order valence-electron chi connectivity index (χ2n) is 5.23. The highest BCUT2D eigenvalue weighted by molar-refractivity contribution is 5.46. The largest absolute Gasteiger partial charge is 0.492 e. The van der Waals surface area contributed by atoms with Gasteiger partial charge in [0.2, 0.25) is 0 Å². The Kier molecular flexibility index (Phi) is 4.62. The van der Waals surface area contributed by atoms with Crippen LogP contribution in [0.2, 0.25) is 0 Å². The molecule has 0 unspecified atom stereocenters. The van der Waals surface area contributed by atoms with Crippen LogP contribution in [-0.2, 0) is 6.54 Å². The molecule has 0 aliphatic heterocycles. The Morgan fingerprint density at radius 1 is 1.10 bits per heavy atom. The van der Waals surface area contributed by atoms with Gasteiger partial charge in [0, 0.05) is 18.9 Å². The van der Waals surface area contributed by atoms with Gasteiger partial charge >= 0.3 is 11.1 Å². The molecular formula is C16H20N2O3. The first-order chi connectivity index (χ1) is 10.0. The maximum absolute atomic E-state index is 12.3. The van der Waals surface area contributed by atoms with Crippen LogP contribution in [-0.4, -0.2) is 15.7 Å². The fraction of sp³-hybridized carbons (Fsp3) is 0.375. The highest BCUT2D eigenvalue weighted by atomic mass is 16.5. The second kappa shape index (κ2) is 6.43. The standard InChI is InChI=1S/C16H20N2O3/c1-4-21-14-8-6-5-7-13(14)18-10-9-17(11-12(2)3)15(19)16(18)20/h5-10,12H,4,11H2,1-3H3. The number of para-hydroxylation sites is 2. The van der Waals surface area contributed by atoms with Gasteiger partial charge in [-0.1, -0.05) is 26.0 Å². The Balaban J connectivity index is 2.54. The molecule has 0 aliphatic rings. The van der Waals surface area contributed by atoms with Crippen molar-refractivity contribution in [1.82, 2.24) is 9.13 Å². The molecule has 21 heavy (non-hydrogen) atoms. The second-order valence-corrected chi connectivity index (χ2v) is 5.23. The van der Waals surface area contributed by atoms with Crippen molar-refractivity contribution in [3.8, 4) is 11.4 Å². The Morgan fingerprint density at radius 3 is 2.48 bits per heavy atom. The van der Waals surface area contributed by atoms with E-state index in [1.165, 1.54) is 9.13 Å². The number of hydrogen-bond donors (Lipinski definition) is 0. The van der Waals surface area contributed by atoms with Crippen molar-refractivity contribution in [3.63, 3.8) is 0 Å². The molecule has 0 saturated carbocycles. The summed E-state index contributed by atoms with van der Waals surface area (Å²) in [7, 11) is 0. The molecule has 1 aromatic carbocycles. The summed E-state index contributed by atoms with van der Waals surface area (Å²) in [6.45, 7) is 6.91. The lowest BCUT2D eigenvalue weighted by Crippen LogP contribution is -2.40. The molecule has 5 nitrogen and oxygen atoms in total. The maximum atomic E-state index is 12.3. The van der Waals surface area contributed by atoms with Gasteiger partial charge in [0.15, 0.2) is 0 Å². The lowest BCUT2D eigenvalue weighted by atomic mass is 10.2. The van der Waals surface area contributed by atoms with Crippen molar-refractivity contribution in [2.24, 2.45) is 5.92 Å². The van der Waals surface area contributed by atoms with Crippen molar-refractivity contribution >= 4 is 0 Å². The van der Waals surface area contributed by atoms with Gasteiger partial charge in [0.05, 0.1) is 12.3 Å². The number of hydrogen-bond acceptors (Lipinski definition) is 3. The third kappa shape index (κ3) is 3.24. The molecule has 2 rings (SSSR count). The summed E-state index contributed by atoms with van der Waals surface area (Å²) < 4.78 is 8.30. The summed E-state index contributed by atoms with van der Waals surface area (Å²) in [5, 5.41) is 0. The summed E-state index contributed by atoms with van der Waals surface area (Å²) in [5.41, 5.74) is -0.499. The molecule has 5 heteroatoms. The van der Waals surface area contributed by atoms with E-state index in [1.807, 2.05) is 32.9 Å². The molecule has 1 aromatic heterocycles. The average Bonchev–Trinajstić information content (AvgIpc) is 2.45. The van der Waals surface area contributed by atoms with Gasteiger partial charge in [-0.15, -0.1) is 0 Å². The average molecular weight is 288 g/mol. The van der Waals surface area contributed by atoms with E-state index >= 15 is 0 Å². The van der Waals surface area contributed by atoms with Gasteiger partial charge in [-0.2, -0.15) is 0 Å². The Labute approximate surface area is 123 Å². The highest BCUT2D eigenvalue weighted by Gasteiger charge is 2.11. The highest BCUT2D eigenvalue weighted by Crippen LogP contribution is 2.20. The Hall–Kier alpha value is -2.30. The molecule has 1 heterocycles. The molecule has 0 saturated heterocycles. The fourth-order valence-electron chi connectivity index (χ4n) is 2.17. The van der Waals surface area contributed by atoms with Gasteiger partial charge in [-0.05, 0) is 25.0 Å². The zero-order valence-corrected chi connectivity index (χ0v) is 12.6. The molecule has 0 bridgehead atoms. The molecule has 0 atom stereocenters. The molecule has 112 valence electrons. The minimum absolute atomic E-state index is 0.300. The van der Waals surface area contributed by atoms with E-state index in [0.717, 1.165) is 0 Å². The van der Waals surface area contributed by atoms with Crippen molar-refractivity contribution < 1.29 is 4.74 Å². The van der Waals surface area contributed by atoms with Gasteiger partial charge in [0.1, 0.15) is 5.75 Å². The summed E-state index contributed by atoms with van der Waals surface area (Å²) >= 11 is 0. The number of benzene rings is 1. The van der Waals surface area contributed by atoms with Gasteiger partial charge in [-0.25, -0.2) is 0 Å². The van der Waals surface area contributed by atoms with Crippen molar-refractivity contribution in [3.05, 3.63) is 57.4 Å². The fourth-order valence-corrected chi connectivity index (χ4v) is 2.17. The van der Waals surface area contributed by atoms with Crippen molar-refractivity contribution in [2.45, 2.75) is 27.3 Å². The molecular weight excluding hydrogens is 268 g/mol. The van der Waals surface area contributed by atoms with E-state index in [-0.39, 0.29) is 0 Å². The smallest absolute Gasteiger partial charge is 0.321 e. The minimum Gasteiger partial charge on any atom is -0.492 e. The first-order valence-electron chi connectivity index (χ1n) is 7.09. The maximum Gasteiger partial charge on any atom is 0.321 e. The number of aromatic nitrogens is 2. The Bertz CT molecular complexity index is 729. The lowest BCUT2D eigenvalue weighted by Gasteiger charge is -2.13. The normalized spacial score (nSPS) is 10.9. The summed E-state index contributed by atoms with van der Waals surface area (Å²) in [6, 6.07) is 7.19.